The van der Waals surface area contributed by atoms with Crippen molar-refractivity contribution in [1.82, 2.24) is 4.98 Å². The summed E-state index contributed by atoms with van der Waals surface area (Å²) in [6.45, 7) is 0. The fourth-order valence-corrected chi connectivity index (χ4v) is 2.82. The molecule has 0 aromatic carbocycles. The summed E-state index contributed by atoms with van der Waals surface area (Å²) in [5.41, 5.74) is 9.45. The highest BCUT2D eigenvalue weighted by atomic mass is 79.9. The van der Waals surface area contributed by atoms with Gasteiger partial charge in [0.05, 0.1) is 28.8 Å². The molecule has 3 rings (SSSR count). The van der Waals surface area contributed by atoms with Crippen LogP contribution in [-0.4, -0.2) is 4.98 Å². The minimum Gasteiger partial charge on any atom is -0.472 e. The molecule has 5 heteroatoms. The molecule has 2 N–H and O–H groups in total. The Morgan fingerprint density at radius 2 is 2.22 bits per heavy atom. The third-order valence-electron chi connectivity index (χ3n) is 2.62. The summed E-state index contributed by atoms with van der Waals surface area (Å²) >= 11 is 5.05. The molecule has 3 aromatic heterocycles. The average Bonchev–Trinajstić information content (AvgIpc) is 3.03. The molecule has 3 aromatic rings. The van der Waals surface area contributed by atoms with E-state index in [1.165, 1.54) is 0 Å². The van der Waals surface area contributed by atoms with Gasteiger partial charge < -0.3 is 10.2 Å². The van der Waals surface area contributed by atoms with Crippen LogP contribution >= 0.6 is 27.3 Å². The number of nitrogen functional groups attached to an aromatic ring is 1. The predicted octanol–water partition coefficient (Wildman–Crippen LogP) is 4.41. The van der Waals surface area contributed by atoms with Crippen LogP contribution in [0, 0.1) is 0 Å². The van der Waals surface area contributed by atoms with Gasteiger partial charge in [-0.1, -0.05) is 6.07 Å². The number of rotatable bonds is 2. The lowest BCUT2D eigenvalue weighted by Gasteiger charge is -2.07. The molecule has 0 spiro atoms. The van der Waals surface area contributed by atoms with Crippen LogP contribution in [0.1, 0.15) is 0 Å². The van der Waals surface area contributed by atoms with E-state index in [4.69, 9.17) is 10.2 Å². The molecule has 0 atom stereocenters. The van der Waals surface area contributed by atoms with Crippen LogP contribution in [0.5, 0.6) is 0 Å². The van der Waals surface area contributed by atoms with Gasteiger partial charge in [-0.05, 0) is 39.5 Å². The van der Waals surface area contributed by atoms with Crippen molar-refractivity contribution in [1.29, 1.82) is 0 Å². The minimum absolute atomic E-state index is 0.622. The Morgan fingerprint density at radius 3 is 2.89 bits per heavy atom. The fraction of sp³-hybridized carbons (Fsp3) is 0. The van der Waals surface area contributed by atoms with E-state index in [2.05, 4.69) is 20.9 Å². The number of aromatic nitrogens is 1. The van der Waals surface area contributed by atoms with E-state index in [1.54, 1.807) is 23.9 Å². The highest BCUT2D eigenvalue weighted by molar-refractivity contribution is 9.10. The maximum absolute atomic E-state index is 6.05. The van der Waals surface area contributed by atoms with Gasteiger partial charge in [-0.25, -0.2) is 4.98 Å². The van der Waals surface area contributed by atoms with Gasteiger partial charge in [0.15, 0.2) is 0 Å². The van der Waals surface area contributed by atoms with E-state index >= 15 is 0 Å². The third kappa shape index (κ3) is 1.95. The number of nitrogens with two attached hydrogens (primary N) is 1. The normalized spacial score (nSPS) is 10.7. The van der Waals surface area contributed by atoms with Gasteiger partial charge >= 0.3 is 0 Å². The molecule has 0 amide bonds. The van der Waals surface area contributed by atoms with E-state index in [9.17, 15) is 0 Å². The number of anilines is 1. The molecule has 0 saturated carbocycles. The second kappa shape index (κ2) is 4.59. The van der Waals surface area contributed by atoms with Crippen LogP contribution in [-0.2, 0) is 0 Å². The molecule has 0 fully saturated rings. The smallest absolute Gasteiger partial charge is 0.130 e. The topological polar surface area (TPSA) is 52.0 Å². The largest absolute Gasteiger partial charge is 0.472 e. The highest BCUT2D eigenvalue weighted by Crippen LogP contribution is 2.35. The molecule has 18 heavy (non-hydrogen) atoms. The van der Waals surface area contributed by atoms with Crippen molar-refractivity contribution < 1.29 is 4.42 Å². The molecule has 0 aliphatic carbocycles. The van der Waals surface area contributed by atoms with Crippen LogP contribution in [0.3, 0.4) is 0 Å². The van der Waals surface area contributed by atoms with E-state index in [1.807, 2.05) is 29.6 Å². The lowest BCUT2D eigenvalue weighted by Crippen LogP contribution is -1.95. The zero-order chi connectivity index (χ0) is 12.5. The Labute approximate surface area is 116 Å². The second-order valence-electron chi connectivity index (χ2n) is 3.75. The summed E-state index contributed by atoms with van der Waals surface area (Å²) in [5.74, 6) is 0. The number of halogens is 1. The van der Waals surface area contributed by atoms with Crippen molar-refractivity contribution in [3.8, 4) is 21.7 Å². The monoisotopic (exact) mass is 320 g/mol. The molecular weight excluding hydrogens is 312 g/mol. The Kier molecular flexibility index (Phi) is 2.93. The fourth-order valence-electron chi connectivity index (χ4n) is 1.73. The van der Waals surface area contributed by atoms with Gasteiger partial charge in [0.25, 0.3) is 0 Å². The van der Waals surface area contributed by atoms with Gasteiger partial charge in [0.1, 0.15) is 4.60 Å². The lowest BCUT2D eigenvalue weighted by atomic mass is 10.1. The summed E-state index contributed by atoms with van der Waals surface area (Å²) < 4.78 is 5.76. The third-order valence-corrected chi connectivity index (χ3v) is 4.11. The van der Waals surface area contributed by atoms with Crippen LogP contribution in [0.25, 0.3) is 21.7 Å². The quantitative estimate of drug-likeness (QED) is 0.711. The standard InChI is InChI=1S/C13H9BrN2OS/c14-13-12(15)9(8-3-4-17-7-8)6-10(16-13)11-2-1-5-18-11/h1-7H,15H2. The van der Waals surface area contributed by atoms with Crippen LogP contribution in [0.4, 0.5) is 5.69 Å². The Balaban J connectivity index is 2.20. The number of nitrogens with zero attached hydrogens (tertiary/aromatic N) is 1. The van der Waals surface area contributed by atoms with E-state index in [0.29, 0.717) is 10.3 Å². The maximum Gasteiger partial charge on any atom is 0.130 e. The molecule has 0 radical (unpaired) electrons. The highest BCUT2D eigenvalue weighted by Gasteiger charge is 2.12. The van der Waals surface area contributed by atoms with Crippen molar-refractivity contribution in [2.24, 2.45) is 0 Å². The summed E-state index contributed by atoms with van der Waals surface area (Å²) in [7, 11) is 0. The molecule has 0 saturated heterocycles. The van der Waals surface area contributed by atoms with Gasteiger partial charge in [-0.3, -0.25) is 0 Å². The molecule has 3 heterocycles. The Bertz CT molecular complexity index is 663. The Hall–Kier alpha value is -1.59. The second-order valence-corrected chi connectivity index (χ2v) is 5.45. The summed E-state index contributed by atoms with van der Waals surface area (Å²) in [5, 5.41) is 2.03. The minimum atomic E-state index is 0.622. The van der Waals surface area contributed by atoms with E-state index in [0.717, 1.165) is 21.7 Å². The SMILES string of the molecule is Nc1c(-c2ccoc2)cc(-c2cccs2)nc1Br. The van der Waals surface area contributed by atoms with Crippen molar-refractivity contribution in [2.75, 3.05) is 5.73 Å². The van der Waals surface area contributed by atoms with Crippen molar-refractivity contribution in [3.05, 3.63) is 46.8 Å². The molecule has 90 valence electrons. The zero-order valence-corrected chi connectivity index (χ0v) is 11.7. The first kappa shape index (κ1) is 11.5. The van der Waals surface area contributed by atoms with Crippen molar-refractivity contribution >= 4 is 33.0 Å². The molecule has 3 nitrogen and oxygen atoms in total. The predicted molar refractivity (Wildman–Crippen MR) is 77.4 cm³/mol. The molecular formula is C13H9BrN2OS. The Morgan fingerprint density at radius 1 is 1.33 bits per heavy atom. The first-order valence-corrected chi connectivity index (χ1v) is 6.95. The molecule has 0 bridgehead atoms. The molecule has 0 unspecified atom stereocenters. The number of thiophene rings is 1. The van der Waals surface area contributed by atoms with Gasteiger partial charge in [-0.15, -0.1) is 11.3 Å². The number of hydrogen-bond acceptors (Lipinski definition) is 4. The maximum atomic E-state index is 6.05. The zero-order valence-electron chi connectivity index (χ0n) is 9.26. The average molecular weight is 321 g/mol. The summed E-state index contributed by atoms with van der Waals surface area (Å²) in [4.78, 5) is 5.57. The first-order chi connectivity index (χ1) is 8.75. The van der Waals surface area contributed by atoms with Gasteiger partial charge in [-0.2, -0.15) is 0 Å². The van der Waals surface area contributed by atoms with Crippen LogP contribution in [0.2, 0.25) is 0 Å². The summed E-state index contributed by atoms with van der Waals surface area (Å²) in [6.07, 6.45) is 3.31. The van der Waals surface area contributed by atoms with Gasteiger partial charge in [0, 0.05) is 11.1 Å². The van der Waals surface area contributed by atoms with Gasteiger partial charge in [0.2, 0.25) is 0 Å². The van der Waals surface area contributed by atoms with Crippen LogP contribution < -0.4 is 5.73 Å². The number of hydrogen-bond donors (Lipinski definition) is 1. The van der Waals surface area contributed by atoms with Crippen molar-refractivity contribution in [2.45, 2.75) is 0 Å². The lowest BCUT2D eigenvalue weighted by molar-refractivity contribution is 0.568. The molecule has 0 aliphatic heterocycles. The number of pyridine rings is 1. The van der Waals surface area contributed by atoms with Crippen molar-refractivity contribution in [3.63, 3.8) is 0 Å². The molecule has 0 aliphatic rings. The van der Waals surface area contributed by atoms with E-state index in [-0.39, 0.29) is 0 Å². The first-order valence-electron chi connectivity index (χ1n) is 5.28. The van der Waals surface area contributed by atoms with Crippen LogP contribution in [0.15, 0.2) is 51.2 Å². The van der Waals surface area contributed by atoms with E-state index < -0.39 is 0 Å². The summed E-state index contributed by atoms with van der Waals surface area (Å²) in [6, 6.07) is 7.91. The number of furan rings is 1.